The van der Waals surface area contributed by atoms with Crippen LogP contribution in [0.15, 0.2) is 164 Å². The van der Waals surface area contributed by atoms with Crippen LogP contribution in [0.2, 0.25) is 0 Å². The van der Waals surface area contributed by atoms with Gasteiger partial charge in [-0.05, 0) is 128 Å². The maximum Gasteiger partial charge on any atom is 0.270 e. The van der Waals surface area contributed by atoms with Gasteiger partial charge in [-0.25, -0.2) is 0 Å². The third kappa shape index (κ3) is 4.24. The number of rotatable bonds is 4. The van der Waals surface area contributed by atoms with Crippen LogP contribution >= 0.6 is 0 Å². The average molecular weight is 677 g/mol. The molecule has 12 rings (SSSR count). The number of benzene rings is 8. The number of hydrogen-bond acceptors (Lipinski definition) is 3. The summed E-state index contributed by atoms with van der Waals surface area (Å²) in [5.74, 6) is 5.00. The zero-order valence-corrected chi connectivity index (χ0v) is 28.6. The highest BCUT2D eigenvalue weighted by Gasteiger charge is 2.46. The van der Waals surface area contributed by atoms with E-state index >= 15 is 0 Å². The lowest BCUT2D eigenvalue weighted by Crippen LogP contribution is -2.59. The second-order valence-corrected chi connectivity index (χ2v) is 14.3. The Hall–Kier alpha value is -6.78. The van der Waals surface area contributed by atoms with Gasteiger partial charge >= 0.3 is 0 Å². The van der Waals surface area contributed by atoms with E-state index in [4.69, 9.17) is 14.2 Å². The van der Waals surface area contributed by atoms with Crippen molar-refractivity contribution in [2.75, 3.05) is 0 Å². The molecule has 3 heterocycles. The summed E-state index contributed by atoms with van der Waals surface area (Å²) in [6.45, 7) is -0.0109. The summed E-state index contributed by atoms with van der Waals surface area (Å²) in [6, 6.07) is 58.5. The van der Waals surface area contributed by atoms with Gasteiger partial charge in [0.15, 0.2) is 0 Å². The van der Waals surface area contributed by atoms with Crippen LogP contribution in [0.1, 0.15) is 11.1 Å². The monoisotopic (exact) mass is 676 g/mol. The van der Waals surface area contributed by atoms with Gasteiger partial charge in [-0.2, -0.15) is 0 Å². The summed E-state index contributed by atoms with van der Waals surface area (Å²) in [4.78, 5) is 0. The zero-order valence-electron chi connectivity index (χ0n) is 28.6. The Morgan fingerprint density at radius 1 is 0.302 bits per heavy atom. The van der Waals surface area contributed by atoms with E-state index in [-0.39, 0.29) is 6.71 Å². The fourth-order valence-electron chi connectivity index (χ4n) is 9.12. The van der Waals surface area contributed by atoms with Crippen molar-refractivity contribution in [2.45, 2.75) is 6.42 Å². The SMILES string of the molecule is c1ccc(-c2cc(-c3cc4c5c(c3)Oc3cccc6c3B5c3c(cccc3O4)O6)cc(-c3cccc4c3Cc3c(-c5ccccc5)cccc3-4)c2)cc1. The molecule has 0 atom stereocenters. The van der Waals surface area contributed by atoms with Crippen LogP contribution in [0.5, 0.6) is 34.5 Å². The molecule has 0 spiro atoms. The summed E-state index contributed by atoms with van der Waals surface area (Å²) >= 11 is 0. The van der Waals surface area contributed by atoms with E-state index in [0.29, 0.717) is 0 Å². The Kier molecular flexibility index (Phi) is 5.92. The third-order valence-electron chi connectivity index (χ3n) is 11.4. The van der Waals surface area contributed by atoms with Crippen molar-refractivity contribution in [3.63, 3.8) is 0 Å². The molecule has 4 heteroatoms. The molecule has 8 aromatic rings. The van der Waals surface area contributed by atoms with Gasteiger partial charge in [0.2, 0.25) is 0 Å². The van der Waals surface area contributed by atoms with Crippen molar-refractivity contribution >= 4 is 23.1 Å². The third-order valence-corrected chi connectivity index (χ3v) is 11.4. The molecule has 246 valence electrons. The predicted molar refractivity (Wildman–Crippen MR) is 214 cm³/mol. The van der Waals surface area contributed by atoms with Gasteiger partial charge in [0.1, 0.15) is 34.5 Å². The minimum Gasteiger partial charge on any atom is -0.458 e. The van der Waals surface area contributed by atoms with Crippen molar-refractivity contribution in [1.82, 2.24) is 0 Å². The van der Waals surface area contributed by atoms with Crippen LogP contribution in [0.3, 0.4) is 0 Å². The minimum absolute atomic E-state index is 0.0109. The normalized spacial score (nSPS) is 13.2. The average Bonchev–Trinajstić information content (AvgIpc) is 3.60. The van der Waals surface area contributed by atoms with Gasteiger partial charge < -0.3 is 14.2 Å². The quantitative estimate of drug-likeness (QED) is 0.174. The van der Waals surface area contributed by atoms with Crippen LogP contribution in [-0.4, -0.2) is 6.71 Å². The molecule has 0 fully saturated rings. The van der Waals surface area contributed by atoms with E-state index < -0.39 is 0 Å². The standard InChI is InChI=1S/C49H29BO3/c1-3-11-29(12-4-1)31-23-32(25-34(24-31)36-16-8-18-38-37-17-7-15-35(39(37)28-40(36)38)30-13-5-2-6-14-30)33-26-45-49-46(27-33)53-44-22-10-20-42-48(44)50(49)47-41(51-42)19-9-21-43(47)52-45/h1-27H,28H2. The van der Waals surface area contributed by atoms with E-state index in [1.54, 1.807) is 0 Å². The summed E-state index contributed by atoms with van der Waals surface area (Å²) in [7, 11) is 0. The van der Waals surface area contributed by atoms with Gasteiger partial charge in [0.25, 0.3) is 6.71 Å². The molecule has 0 unspecified atom stereocenters. The van der Waals surface area contributed by atoms with Crippen LogP contribution in [-0.2, 0) is 6.42 Å². The lowest BCUT2D eigenvalue weighted by molar-refractivity contribution is 0.443. The van der Waals surface area contributed by atoms with Crippen LogP contribution in [0.25, 0.3) is 55.6 Å². The van der Waals surface area contributed by atoms with Crippen LogP contribution in [0, 0.1) is 0 Å². The number of hydrogen-bond donors (Lipinski definition) is 0. The molecule has 0 radical (unpaired) electrons. The lowest BCUT2D eigenvalue weighted by Gasteiger charge is -2.37. The molecule has 8 aromatic carbocycles. The van der Waals surface area contributed by atoms with Gasteiger partial charge in [-0.3, -0.25) is 0 Å². The van der Waals surface area contributed by atoms with E-state index in [2.05, 4.69) is 127 Å². The van der Waals surface area contributed by atoms with E-state index in [1.165, 1.54) is 55.6 Å². The minimum atomic E-state index is -0.0109. The van der Waals surface area contributed by atoms with Crippen molar-refractivity contribution in [3.8, 4) is 90.1 Å². The number of fused-ring (bicyclic) bond motifs is 3. The molecule has 4 aliphatic rings. The topological polar surface area (TPSA) is 27.7 Å². The van der Waals surface area contributed by atoms with Crippen LogP contribution in [0.4, 0.5) is 0 Å². The molecule has 0 bridgehead atoms. The fourth-order valence-corrected chi connectivity index (χ4v) is 9.12. The van der Waals surface area contributed by atoms with Gasteiger partial charge in [0, 0.05) is 16.4 Å². The Labute approximate surface area is 307 Å². The summed E-state index contributed by atoms with van der Waals surface area (Å²) in [5.41, 5.74) is 18.1. The second kappa shape index (κ2) is 10.9. The first kappa shape index (κ1) is 28.9. The van der Waals surface area contributed by atoms with Crippen molar-refractivity contribution < 1.29 is 14.2 Å². The molecule has 0 N–H and O–H groups in total. The molecule has 0 saturated heterocycles. The number of ether oxygens (including phenoxy) is 3. The summed E-state index contributed by atoms with van der Waals surface area (Å²) in [6.07, 6.45) is 0.884. The summed E-state index contributed by atoms with van der Waals surface area (Å²) < 4.78 is 19.8. The van der Waals surface area contributed by atoms with Gasteiger partial charge in [-0.15, -0.1) is 0 Å². The first-order chi connectivity index (χ1) is 26.2. The lowest BCUT2D eigenvalue weighted by atomic mass is 9.34. The van der Waals surface area contributed by atoms with Crippen LogP contribution < -0.4 is 30.6 Å². The summed E-state index contributed by atoms with van der Waals surface area (Å²) in [5, 5.41) is 0. The Morgan fingerprint density at radius 3 is 1.26 bits per heavy atom. The molecule has 1 aliphatic carbocycles. The molecule has 3 nitrogen and oxygen atoms in total. The maximum absolute atomic E-state index is 6.73. The molecule has 3 aliphatic heterocycles. The van der Waals surface area contributed by atoms with Gasteiger partial charge in [0.05, 0.1) is 0 Å². The molecular weight excluding hydrogens is 647 g/mol. The molecule has 0 aromatic heterocycles. The Bertz CT molecular complexity index is 2770. The van der Waals surface area contributed by atoms with Crippen molar-refractivity contribution in [2.24, 2.45) is 0 Å². The van der Waals surface area contributed by atoms with E-state index in [9.17, 15) is 0 Å². The van der Waals surface area contributed by atoms with E-state index in [1.807, 2.05) is 36.4 Å². The highest BCUT2D eigenvalue weighted by molar-refractivity contribution is 6.99. The molecular formula is C49H29BO3. The molecule has 53 heavy (non-hydrogen) atoms. The largest absolute Gasteiger partial charge is 0.458 e. The van der Waals surface area contributed by atoms with Gasteiger partial charge in [-0.1, -0.05) is 109 Å². The zero-order chi connectivity index (χ0) is 34.6. The molecule has 0 saturated carbocycles. The smallest absolute Gasteiger partial charge is 0.270 e. The maximum atomic E-state index is 6.73. The predicted octanol–water partition coefficient (Wildman–Crippen LogP) is 10.8. The van der Waals surface area contributed by atoms with E-state index in [0.717, 1.165) is 68.4 Å². The first-order valence-corrected chi connectivity index (χ1v) is 18.2. The Morgan fingerprint density at radius 2 is 0.698 bits per heavy atom. The fraction of sp³-hybridized carbons (Fsp3) is 0.0204. The Balaban J connectivity index is 1.04. The highest BCUT2D eigenvalue weighted by Crippen LogP contribution is 2.47. The second-order valence-electron chi connectivity index (χ2n) is 14.3. The highest BCUT2D eigenvalue weighted by atomic mass is 16.5. The first-order valence-electron chi connectivity index (χ1n) is 18.2. The molecule has 0 amide bonds. The van der Waals surface area contributed by atoms with Crippen molar-refractivity contribution in [1.29, 1.82) is 0 Å². The van der Waals surface area contributed by atoms with Crippen molar-refractivity contribution in [3.05, 3.63) is 175 Å².